The van der Waals surface area contributed by atoms with Crippen LogP contribution < -0.4 is 5.73 Å². The predicted molar refractivity (Wildman–Crippen MR) is 117 cm³/mol. The molecule has 0 aliphatic carbocycles. The Morgan fingerprint density at radius 3 is 1.22 bits per heavy atom. The van der Waals surface area contributed by atoms with Gasteiger partial charge in [-0.15, -0.1) is 0 Å². The maximum atomic E-state index is 6.14. The smallest absolute Gasteiger partial charge is 0.0233 e. The Hall–Kier alpha value is -1.68. The molecule has 3 heteroatoms. The average molecular weight is 368 g/mol. The Balaban J connectivity index is 2.09. The Bertz CT molecular complexity index is 583. The van der Waals surface area contributed by atoms with Gasteiger partial charge in [-0.25, -0.2) is 0 Å². The minimum Gasteiger partial charge on any atom is -0.330 e. The number of nitrogens with zero attached hydrogens (tertiary/aromatic N) is 2. The lowest BCUT2D eigenvalue weighted by Crippen LogP contribution is -2.22. The highest BCUT2D eigenvalue weighted by Gasteiger charge is 2.13. The molecule has 27 heavy (non-hydrogen) atoms. The molecule has 0 atom stereocenters. The van der Waals surface area contributed by atoms with E-state index in [1.165, 1.54) is 22.3 Å². The highest BCUT2D eigenvalue weighted by atomic mass is 15.1. The van der Waals surface area contributed by atoms with E-state index in [1.54, 1.807) is 0 Å². The van der Waals surface area contributed by atoms with Crippen molar-refractivity contribution in [2.75, 3.05) is 32.7 Å². The fourth-order valence-electron chi connectivity index (χ4n) is 3.59. The molecule has 3 nitrogen and oxygen atoms in total. The highest BCUT2D eigenvalue weighted by molar-refractivity contribution is 5.36. The van der Waals surface area contributed by atoms with Gasteiger partial charge in [-0.3, -0.25) is 9.80 Å². The molecule has 0 radical (unpaired) electrons. The molecule has 2 rings (SSSR count). The molecule has 0 spiro atoms. The van der Waals surface area contributed by atoms with Crippen LogP contribution in [-0.4, -0.2) is 42.5 Å². The molecule has 148 valence electrons. The highest BCUT2D eigenvalue weighted by Crippen LogP contribution is 2.25. The third-order valence-electron chi connectivity index (χ3n) is 5.60. The third-order valence-corrected chi connectivity index (χ3v) is 5.60. The van der Waals surface area contributed by atoms with Crippen LogP contribution in [0.2, 0.25) is 0 Å². The molecule has 0 saturated carbocycles. The van der Waals surface area contributed by atoms with Crippen molar-refractivity contribution in [3.05, 3.63) is 70.8 Å². The third kappa shape index (κ3) is 6.17. The van der Waals surface area contributed by atoms with Gasteiger partial charge >= 0.3 is 0 Å². The van der Waals surface area contributed by atoms with Gasteiger partial charge in [0.15, 0.2) is 0 Å². The van der Waals surface area contributed by atoms with E-state index in [2.05, 4.69) is 86.0 Å². The van der Waals surface area contributed by atoms with Crippen LogP contribution in [0.1, 0.15) is 55.9 Å². The van der Waals surface area contributed by atoms with Crippen molar-refractivity contribution in [3.8, 4) is 0 Å². The summed E-state index contributed by atoms with van der Waals surface area (Å²) in [5, 5.41) is 0. The van der Waals surface area contributed by atoms with E-state index >= 15 is 0 Å². The zero-order valence-corrected chi connectivity index (χ0v) is 17.6. The van der Waals surface area contributed by atoms with Gasteiger partial charge < -0.3 is 5.73 Å². The van der Waals surface area contributed by atoms with Crippen molar-refractivity contribution in [3.63, 3.8) is 0 Å². The van der Waals surface area contributed by atoms with Gasteiger partial charge in [0.1, 0.15) is 0 Å². The lowest BCUT2D eigenvalue weighted by molar-refractivity contribution is 0.296. The fourth-order valence-corrected chi connectivity index (χ4v) is 3.59. The van der Waals surface area contributed by atoms with Crippen molar-refractivity contribution in [2.24, 2.45) is 5.73 Å². The van der Waals surface area contributed by atoms with Crippen LogP contribution in [0.25, 0.3) is 0 Å². The van der Waals surface area contributed by atoms with E-state index in [-0.39, 0.29) is 5.92 Å². The van der Waals surface area contributed by atoms with Gasteiger partial charge in [0, 0.05) is 25.6 Å². The van der Waals surface area contributed by atoms with Crippen LogP contribution in [0, 0.1) is 0 Å². The van der Waals surface area contributed by atoms with Crippen molar-refractivity contribution in [1.29, 1.82) is 0 Å². The normalized spacial score (nSPS) is 11.7. The van der Waals surface area contributed by atoms with Crippen molar-refractivity contribution in [2.45, 2.75) is 46.7 Å². The second kappa shape index (κ2) is 11.2. The van der Waals surface area contributed by atoms with E-state index < -0.39 is 0 Å². The van der Waals surface area contributed by atoms with Gasteiger partial charge in [0.25, 0.3) is 0 Å². The van der Waals surface area contributed by atoms with Crippen LogP contribution in [-0.2, 0) is 13.1 Å². The summed E-state index contributed by atoms with van der Waals surface area (Å²) in [4.78, 5) is 4.87. The van der Waals surface area contributed by atoms with Gasteiger partial charge in [-0.05, 0) is 48.4 Å². The summed E-state index contributed by atoms with van der Waals surface area (Å²) in [5.74, 6) is 0.259. The van der Waals surface area contributed by atoms with Crippen molar-refractivity contribution in [1.82, 2.24) is 9.80 Å². The van der Waals surface area contributed by atoms with Crippen LogP contribution in [0.3, 0.4) is 0 Å². The molecule has 0 aliphatic rings. The van der Waals surface area contributed by atoms with E-state index in [9.17, 15) is 0 Å². The number of hydrogen-bond acceptors (Lipinski definition) is 3. The number of benzene rings is 2. The van der Waals surface area contributed by atoms with Crippen LogP contribution >= 0.6 is 0 Å². The summed E-state index contributed by atoms with van der Waals surface area (Å²) in [6.07, 6.45) is 0. The van der Waals surface area contributed by atoms with Gasteiger partial charge in [-0.2, -0.15) is 0 Å². The molecule has 2 aromatic rings. The summed E-state index contributed by atoms with van der Waals surface area (Å²) in [6.45, 7) is 15.9. The average Bonchev–Trinajstić information content (AvgIpc) is 2.72. The SMILES string of the molecule is CCN(CC)Cc1ccc(C(CN)c2ccc(CN(CC)CC)cc2)cc1. The van der Waals surface area contributed by atoms with E-state index in [0.717, 1.165) is 39.3 Å². The summed E-state index contributed by atoms with van der Waals surface area (Å²) in [5.41, 5.74) is 11.5. The number of hydrogen-bond donors (Lipinski definition) is 1. The number of nitrogens with two attached hydrogens (primary N) is 1. The van der Waals surface area contributed by atoms with Crippen LogP contribution in [0.15, 0.2) is 48.5 Å². The molecule has 0 heterocycles. The zero-order valence-electron chi connectivity index (χ0n) is 17.6. The Morgan fingerprint density at radius 1 is 0.630 bits per heavy atom. The molecule has 0 amide bonds. The molecule has 2 aromatic carbocycles. The Labute approximate surface area is 166 Å². The first-order chi connectivity index (χ1) is 13.1. The lowest BCUT2D eigenvalue weighted by Gasteiger charge is -2.21. The summed E-state index contributed by atoms with van der Waals surface area (Å²) >= 11 is 0. The first-order valence-electron chi connectivity index (χ1n) is 10.5. The van der Waals surface area contributed by atoms with Gasteiger partial charge in [0.2, 0.25) is 0 Å². The minimum atomic E-state index is 0.259. The number of rotatable bonds is 11. The minimum absolute atomic E-state index is 0.259. The molecule has 2 N–H and O–H groups in total. The first kappa shape index (κ1) is 21.6. The molecule has 0 aromatic heterocycles. The predicted octanol–water partition coefficient (Wildman–Crippen LogP) is 4.46. The van der Waals surface area contributed by atoms with Crippen molar-refractivity contribution < 1.29 is 0 Å². The van der Waals surface area contributed by atoms with Gasteiger partial charge in [-0.1, -0.05) is 76.2 Å². The Kier molecular flexibility index (Phi) is 8.99. The quantitative estimate of drug-likeness (QED) is 0.636. The maximum absolute atomic E-state index is 6.14. The van der Waals surface area contributed by atoms with Crippen LogP contribution in [0.5, 0.6) is 0 Å². The first-order valence-corrected chi connectivity index (χ1v) is 10.5. The molecule has 0 unspecified atom stereocenters. The maximum Gasteiger partial charge on any atom is 0.0233 e. The van der Waals surface area contributed by atoms with Gasteiger partial charge in [0.05, 0.1) is 0 Å². The zero-order chi connectivity index (χ0) is 19.6. The summed E-state index contributed by atoms with van der Waals surface area (Å²) in [7, 11) is 0. The second-order valence-electron chi connectivity index (χ2n) is 7.19. The second-order valence-corrected chi connectivity index (χ2v) is 7.19. The molecular weight excluding hydrogens is 330 g/mol. The lowest BCUT2D eigenvalue weighted by atomic mass is 9.90. The van der Waals surface area contributed by atoms with E-state index in [1.807, 2.05) is 0 Å². The molecule has 0 aliphatic heterocycles. The molecule has 0 bridgehead atoms. The Morgan fingerprint density at radius 2 is 0.963 bits per heavy atom. The summed E-state index contributed by atoms with van der Waals surface area (Å²) in [6, 6.07) is 18.0. The van der Waals surface area contributed by atoms with Crippen molar-refractivity contribution >= 4 is 0 Å². The summed E-state index contributed by atoms with van der Waals surface area (Å²) < 4.78 is 0. The molecular formula is C24H37N3. The molecule has 0 fully saturated rings. The largest absolute Gasteiger partial charge is 0.330 e. The van der Waals surface area contributed by atoms with E-state index in [0.29, 0.717) is 6.54 Å². The topological polar surface area (TPSA) is 32.5 Å². The van der Waals surface area contributed by atoms with E-state index in [4.69, 9.17) is 5.73 Å². The standard InChI is InChI=1S/C24H37N3/c1-5-26(6-2)18-20-9-13-22(14-10-20)24(17-25)23-15-11-21(12-16-23)19-27(7-3)8-4/h9-16,24H,5-8,17-19,25H2,1-4H3. The fraction of sp³-hybridized carbons (Fsp3) is 0.500. The monoisotopic (exact) mass is 367 g/mol. The van der Waals surface area contributed by atoms with Crippen LogP contribution in [0.4, 0.5) is 0 Å². The molecule has 0 saturated heterocycles.